The van der Waals surface area contributed by atoms with Crippen LogP contribution in [0.3, 0.4) is 0 Å². The summed E-state index contributed by atoms with van der Waals surface area (Å²) in [4.78, 5) is 16.0. The van der Waals surface area contributed by atoms with Crippen LogP contribution in [-0.4, -0.2) is 88.1 Å². The first-order valence-electron chi connectivity index (χ1n) is 12.9. The van der Waals surface area contributed by atoms with Gasteiger partial charge in [0.1, 0.15) is 23.3 Å². The molecule has 7 nitrogen and oxygen atoms in total. The van der Waals surface area contributed by atoms with Gasteiger partial charge in [-0.2, -0.15) is 0 Å². The molecule has 1 amide bonds. The molecule has 0 saturated carbocycles. The third kappa shape index (κ3) is 5.31. The van der Waals surface area contributed by atoms with Gasteiger partial charge in [-0.05, 0) is 73.8 Å². The van der Waals surface area contributed by atoms with E-state index >= 15 is 0 Å². The number of nitrogens with one attached hydrogen (secondary N) is 1. The lowest BCUT2D eigenvalue weighted by atomic mass is 9.74. The van der Waals surface area contributed by atoms with Crippen LogP contribution < -0.4 is 5.32 Å². The Labute approximate surface area is 225 Å². The van der Waals surface area contributed by atoms with Gasteiger partial charge in [-0.1, -0.05) is 17.7 Å². The molecule has 5 rings (SSSR count). The fourth-order valence-corrected chi connectivity index (χ4v) is 6.14. The average Bonchev–Trinajstić information content (AvgIpc) is 3.22. The molecule has 2 fully saturated rings. The van der Waals surface area contributed by atoms with Crippen LogP contribution in [0.5, 0.6) is 0 Å². The van der Waals surface area contributed by atoms with Crippen LogP contribution >= 0.6 is 11.6 Å². The van der Waals surface area contributed by atoms with Gasteiger partial charge in [-0.15, -0.1) is 0 Å². The van der Waals surface area contributed by atoms with Gasteiger partial charge in [0.15, 0.2) is 0 Å². The van der Waals surface area contributed by atoms with Crippen LogP contribution in [0.15, 0.2) is 42.5 Å². The number of carbonyl (C=O) groups is 1. The zero-order valence-corrected chi connectivity index (χ0v) is 21.7. The van der Waals surface area contributed by atoms with E-state index in [0.717, 1.165) is 56.4 Å². The number of piperidine rings is 2. The molecule has 3 aliphatic heterocycles. The minimum absolute atomic E-state index is 0.000656. The standard InChI is InChI=1S/C28H32ClF2N3O4/c29-19-2-3-22-23(13-19)32-17-27(22)5-8-33(9-6-27)15-24(35)28(38)7-10-34(16-25(28)36)26(37)4-1-18-11-20(30)14-21(31)12-18/h1-4,11-14,24-25,32,35-36,38H,5-10,15-17H2/t24-,25+,28+/m0/s1. The van der Waals surface area contributed by atoms with Crippen LogP contribution in [0.2, 0.25) is 5.02 Å². The average molecular weight is 548 g/mol. The van der Waals surface area contributed by atoms with Crippen molar-refractivity contribution in [1.82, 2.24) is 9.80 Å². The molecule has 10 heteroatoms. The van der Waals surface area contributed by atoms with E-state index in [0.29, 0.717) is 5.02 Å². The number of likely N-dealkylation sites (tertiary alicyclic amines) is 2. The van der Waals surface area contributed by atoms with Crippen LogP contribution in [0.1, 0.15) is 30.4 Å². The topological polar surface area (TPSA) is 96.3 Å². The SMILES string of the molecule is O=C(C=Cc1cc(F)cc(F)c1)N1CC[C@@](O)([C@@H](O)CN2CCC3(CC2)CNc2cc(Cl)ccc23)[C@H](O)C1. The number of hydrogen-bond acceptors (Lipinski definition) is 6. The monoisotopic (exact) mass is 547 g/mol. The number of hydrogen-bond donors (Lipinski definition) is 4. The molecule has 1 spiro atoms. The van der Waals surface area contributed by atoms with Crippen molar-refractivity contribution >= 4 is 29.3 Å². The highest BCUT2D eigenvalue weighted by Crippen LogP contribution is 2.45. The Bertz CT molecular complexity index is 1220. The van der Waals surface area contributed by atoms with Crippen molar-refractivity contribution in [2.45, 2.75) is 42.5 Å². The molecule has 4 N–H and O–H groups in total. The predicted molar refractivity (Wildman–Crippen MR) is 141 cm³/mol. The second-order valence-electron chi connectivity index (χ2n) is 10.7. The maximum atomic E-state index is 13.4. The molecule has 3 heterocycles. The molecule has 2 saturated heterocycles. The molecule has 0 radical (unpaired) electrons. The van der Waals surface area contributed by atoms with Crippen LogP contribution in [-0.2, 0) is 10.2 Å². The lowest BCUT2D eigenvalue weighted by Crippen LogP contribution is -2.64. The molecule has 0 bridgehead atoms. The number of aliphatic hydroxyl groups is 3. The van der Waals surface area contributed by atoms with Gasteiger partial charge in [0.2, 0.25) is 5.91 Å². The van der Waals surface area contributed by atoms with E-state index in [9.17, 15) is 28.9 Å². The Hall–Kier alpha value is -2.56. The third-order valence-corrected chi connectivity index (χ3v) is 8.59. The van der Waals surface area contributed by atoms with Crippen molar-refractivity contribution in [3.05, 3.63) is 70.3 Å². The van der Waals surface area contributed by atoms with Gasteiger partial charge in [0.25, 0.3) is 0 Å². The number of aliphatic hydroxyl groups excluding tert-OH is 2. The molecule has 2 aromatic carbocycles. The number of nitrogens with zero attached hydrogens (tertiary/aromatic N) is 2. The Balaban J connectivity index is 1.15. The highest BCUT2D eigenvalue weighted by Gasteiger charge is 2.48. The minimum atomic E-state index is -1.75. The highest BCUT2D eigenvalue weighted by molar-refractivity contribution is 6.30. The molecular weight excluding hydrogens is 516 g/mol. The fourth-order valence-electron chi connectivity index (χ4n) is 5.97. The van der Waals surface area contributed by atoms with Gasteiger partial charge in [-0.3, -0.25) is 4.79 Å². The van der Waals surface area contributed by atoms with Crippen LogP contribution in [0.4, 0.5) is 14.5 Å². The Morgan fingerprint density at radius 1 is 1.13 bits per heavy atom. The highest BCUT2D eigenvalue weighted by atomic mass is 35.5. The summed E-state index contributed by atoms with van der Waals surface area (Å²) in [7, 11) is 0. The maximum absolute atomic E-state index is 13.4. The zero-order chi connectivity index (χ0) is 27.1. The van der Waals surface area contributed by atoms with Crippen LogP contribution in [0, 0.1) is 11.6 Å². The Kier molecular flexibility index (Phi) is 7.50. The molecule has 3 aliphatic rings. The fraction of sp³-hybridized carbons (Fsp3) is 0.464. The van der Waals surface area contributed by atoms with E-state index < -0.39 is 35.4 Å². The number of rotatable bonds is 5. The van der Waals surface area contributed by atoms with E-state index in [4.69, 9.17) is 11.6 Å². The molecular formula is C28H32ClF2N3O4. The van der Waals surface area contributed by atoms with E-state index in [1.807, 2.05) is 12.1 Å². The largest absolute Gasteiger partial charge is 0.389 e. The number of amides is 1. The summed E-state index contributed by atoms with van der Waals surface area (Å²) < 4.78 is 26.7. The summed E-state index contributed by atoms with van der Waals surface area (Å²) in [5.41, 5.74) is 0.810. The van der Waals surface area contributed by atoms with E-state index in [1.165, 1.54) is 22.6 Å². The van der Waals surface area contributed by atoms with Crippen molar-refractivity contribution < 1.29 is 28.9 Å². The summed E-state index contributed by atoms with van der Waals surface area (Å²) in [6.45, 7) is 2.49. The zero-order valence-electron chi connectivity index (χ0n) is 20.9. The van der Waals surface area contributed by atoms with E-state index in [-0.39, 0.29) is 37.0 Å². The number of halogens is 3. The first kappa shape index (κ1) is 27.0. The number of anilines is 1. The number of β-amino-alcohol motifs (C(OH)–C–C–N with tert-alkyl or cyclic N) is 2. The molecule has 38 heavy (non-hydrogen) atoms. The quantitative estimate of drug-likeness (QED) is 0.430. The van der Waals surface area contributed by atoms with Gasteiger partial charge >= 0.3 is 0 Å². The van der Waals surface area contributed by atoms with Gasteiger partial charge < -0.3 is 30.4 Å². The summed E-state index contributed by atoms with van der Waals surface area (Å²) in [5.74, 6) is -1.95. The Morgan fingerprint density at radius 3 is 2.53 bits per heavy atom. The first-order chi connectivity index (χ1) is 18.1. The lowest BCUT2D eigenvalue weighted by molar-refractivity contribution is -0.183. The van der Waals surface area contributed by atoms with E-state index in [2.05, 4.69) is 16.3 Å². The summed E-state index contributed by atoms with van der Waals surface area (Å²) >= 11 is 6.14. The molecule has 204 valence electrons. The van der Waals surface area contributed by atoms with Crippen LogP contribution in [0.25, 0.3) is 6.08 Å². The summed E-state index contributed by atoms with van der Waals surface area (Å²) in [5, 5.41) is 37.0. The predicted octanol–water partition coefficient (Wildman–Crippen LogP) is 2.78. The number of carbonyl (C=O) groups excluding carboxylic acids is 1. The van der Waals surface area contributed by atoms with Crippen molar-refractivity contribution in [2.75, 3.05) is 44.6 Å². The first-order valence-corrected chi connectivity index (χ1v) is 13.2. The van der Waals surface area contributed by atoms with Gasteiger partial charge in [0, 0.05) is 54.4 Å². The second kappa shape index (κ2) is 10.5. The summed E-state index contributed by atoms with van der Waals surface area (Å²) in [6.07, 6.45) is 1.73. The summed E-state index contributed by atoms with van der Waals surface area (Å²) in [6, 6.07) is 8.90. The van der Waals surface area contributed by atoms with Crippen molar-refractivity contribution in [3.63, 3.8) is 0 Å². The van der Waals surface area contributed by atoms with Gasteiger partial charge in [0.05, 0.1) is 6.10 Å². The lowest BCUT2D eigenvalue weighted by Gasteiger charge is -2.46. The van der Waals surface area contributed by atoms with E-state index in [1.54, 1.807) is 0 Å². The second-order valence-corrected chi connectivity index (χ2v) is 11.2. The smallest absolute Gasteiger partial charge is 0.246 e. The molecule has 0 aromatic heterocycles. The van der Waals surface area contributed by atoms with Crippen molar-refractivity contribution in [2.24, 2.45) is 0 Å². The van der Waals surface area contributed by atoms with Crippen molar-refractivity contribution in [3.8, 4) is 0 Å². The van der Waals surface area contributed by atoms with Crippen molar-refractivity contribution in [1.29, 1.82) is 0 Å². The molecule has 2 aromatic rings. The van der Waals surface area contributed by atoms with Gasteiger partial charge in [-0.25, -0.2) is 8.78 Å². The number of benzene rings is 2. The normalized spacial score (nSPS) is 25.9. The Morgan fingerprint density at radius 2 is 1.84 bits per heavy atom. The molecule has 3 atom stereocenters. The molecule has 0 aliphatic carbocycles. The molecule has 0 unspecified atom stereocenters. The third-order valence-electron chi connectivity index (χ3n) is 8.36. The maximum Gasteiger partial charge on any atom is 0.246 e. The minimum Gasteiger partial charge on any atom is -0.389 e. The number of fused-ring (bicyclic) bond motifs is 2.